The summed E-state index contributed by atoms with van der Waals surface area (Å²) in [5.74, 6) is -3.18. The molecule has 4 saturated carbocycles. The second-order valence-corrected chi connectivity index (χ2v) is 9.68. The van der Waals surface area contributed by atoms with E-state index in [1.165, 1.54) is 0 Å². The first-order chi connectivity index (χ1) is 12.2. The van der Waals surface area contributed by atoms with Crippen LogP contribution in [-0.4, -0.2) is 56.3 Å². The molecule has 1 unspecified atom stereocenters. The van der Waals surface area contributed by atoms with Gasteiger partial charge in [-0.2, -0.15) is 0 Å². The Hall–Kier alpha value is -1.18. The summed E-state index contributed by atoms with van der Waals surface area (Å²) >= 11 is 0. The number of aliphatic hydroxyl groups is 3. The molecule has 7 heteroatoms. The van der Waals surface area contributed by atoms with E-state index in [-0.39, 0.29) is 24.9 Å². The van der Waals surface area contributed by atoms with Crippen molar-refractivity contribution in [3.05, 3.63) is 0 Å². The molecule has 4 bridgehead atoms. The van der Waals surface area contributed by atoms with Gasteiger partial charge in [-0.3, -0.25) is 9.59 Å². The monoisotopic (exact) mass is 366 g/mol. The van der Waals surface area contributed by atoms with Crippen LogP contribution in [-0.2, 0) is 14.3 Å². The average Bonchev–Trinajstić information content (AvgIpc) is 3.04. The van der Waals surface area contributed by atoms with Gasteiger partial charge in [-0.1, -0.05) is 0 Å². The number of hydrogen-bond donors (Lipinski definition) is 4. The third-order valence-electron chi connectivity index (χ3n) is 9.00. The third kappa shape index (κ3) is 1.51. The van der Waals surface area contributed by atoms with E-state index in [9.17, 15) is 30.0 Å². The lowest BCUT2D eigenvalue weighted by Gasteiger charge is -2.44. The zero-order valence-corrected chi connectivity index (χ0v) is 14.9. The average molecular weight is 366 g/mol. The van der Waals surface area contributed by atoms with Crippen LogP contribution in [0.4, 0.5) is 0 Å². The third-order valence-corrected chi connectivity index (χ3v) is 9.00. The molecule has 0 amide bonds. The summed E-state index contributed by atoms with van der Waals surface area (Å²) in [6, 6.07) is 0. The fraction of sp³-hybridized carbons (Fsp3) is 0.895. The minimum atomic E-state index is -1.27. The zero-order chi connectivity index (χ0) is 18.7. The van der Waals surface area contributed by atoms with Crippen molar-refractivity contribution >= 4 is 11.9 Å². The Morgan fingerprint density at radius 3 is 2.69 bits per heavy atom. The first-order valence-electron chi connectivity index (χ1n) is 9.63. The highest BCUT2D eigenvalue weighted by atomic mass is 16.6. The van der Waals surface area contributed by atoms with E-state index in [0.717, 1.165) is 0 Å². The number of rotatable bonds is 2. The van der Waals surface area contributed by atoms with E-state index in [0.29, 0.717) is 32.1 Å². The van der Waals surface area contributed by atoms with Crippen LogP contribution in [0.3, 0.4) is 0 Å². The summed E-state index contributed by atoms with van der Waals surface area (Å²) in [5.41, 5.74) is -4.04. The molecule has 4 aliphatic carbocycles. The van der Waals surface area contributed by atoms with Gasteiger partial charge in [0, 0.05) is 11.8 Å². The van der Waals surface area contributed by atoms with Crippen molar-refractivity contribution in [3.63, 3.8) is 0 Å². The van der Waals surface area contributed by atoms with Crippen molar-refractivity contribution in [1.82, 2.24) is 0 Å². The summed E-state index contributed by atoms with van der Waals surface area (Å²) in [6.45, 7) is 1.27. The van der Waals surface area contributed by atoms with Crippen molar-refractivity contribution in [3.8, 4) is 0 Å². The smallest absolute Gasteiger partial charge is 0.315 e. The van der Waals surface area contributed by atoms with Gasteiger partial charge < -0.3 is 25.2 Å². The number of carboxylic acids is 1. The van der Waals surface area contributed by atoms with Crippen molar-refractivity contribution in [2.75, 3.05) is 6.61 Å². The second kappa shape index (κ2) is 4.62. The van der Waals surface area contributed by atoms with E-state index in [1.807, 2.05) is 0 Å². The minimum Gasteiger partial charge on any atom is -0.481 e. The van der Waals surface area contributed by atoms with E-state index >= 15 is 0 Å². The van der Waals surface area contributed by atoms with Crippen molar-refractivity contribution in [2.24, 2.45) is 34.5 Å². The highest BCUT2D eigenvalue weighted by Crippen LogP contribution is 2.78. The van der Waals surface area contributed by atoms with Gasteiger partial charge in [0.1, 0.15) is 5.60 Å². The lowest BCUT2D eigenvalue weighted by Crippen LogP contribution is -2.53. The zero-order valence-electron chi connectivity index (χ0n) is 14.9. The van der Waals surface area contributed by atoms with Gasteiger partial charge in [-0.25, -0.2) is 0 Å². The molecule has 5 rings (SSSR count). The molecule has 9 atom stereocenters. The van der Waals surface area contributed by atoms with Crippen LogP contribution < -0.4 is 0 Å². The Bertz CT molecular complexity index is 708. The number of aliphatic hydroxyl groups excluding tert-OH is 2. The van der Waals surface area contributed by atoms with Crippen LogP contribution in [0.1, 0.15) is 45.4 Å². The quantitative estimate of drug-likeness (QED) is 0.518. The predicted molar refractivity (Wildman–Crippen MR) is 86.7 cm³/mol. The Kier molecular flexibility index (Phi) is 3.01. The normalized spacial score (nSPS) is 59.7. The van der Waals surface area contributed by atoms with Gasteiger partial charge in [0.25, 0.3) is 0 Å². The molecule has 5 aliphatic rings. The maximum Gasteiger partial charge on any atom is 0.315 e. The molecule has 1 saturated heterocycles. The van der Waals surface area contributed by atoms with Crippen LogP contribution in [0.25, 0.3) is 0 Å². The first kappa shape index (κ1) is 17.0. The number of esters is 1. The second-order valence-electron chi connectivity index (χ2n) is 9.68. The van der Waals surface area contributed by atoms with E-state index in [4.69, 9.17) is 4.74 Å². The summed E-state index contributed by atoms with van der Waals surface area (Å²) in [4.78, 5) is 25.2. The molecule has 1 heterocycles. The fourth-order valence-corrected chi connectivity index (χ4v) is 8.10. The van der Waals surface area contributed by atoms with E-state index in [1.54, 1.807) is 6.92 Å². The number of carbonyl (C=O) groups excluding carboxylic acids is 1. The Morgan fingerprint density at radius 1 is 1.31 bits per heavy atom. The molecule has 0 radical (unpaired) electrons. The van der Waals surface area contributed by atoms with E-state index < -0.39 is 51.9 Å². The molecule has 0 aromatic rings. The number of hydrogen-bond acceptors (Lipinski definition) is 6. The molecule has 1 aliphatic heterocycles. The van der Waals surface area contributed by atoms with Crippen LogP contribution >= 0.6 is 0 Å². The fourth-order valence-electron chi connectivity index (χ4n) is 8.10. The molecule has 1 spiro atoms. The molecule has 4 N–H and O–H groups in total. The molecule has 0 aromatic carbocycles. The Balaban J connectivity index is 1.73. The standard InChI is InChI=1S/C19H26O7/c1-16-11(21)4-5-19(26-15(16)24)10-3-2-9-6-17(10,7-18(9,25)8-20)12(13(16)19)14(22)23/h9-13,20-21,25H,2-8H2,1H3,(H,22,23)/t9-,10-,11+,12-,13-,16+,17-,18+,19?/m1/s1. The highest BCUT2D eigenvalue weighted by molar-refractivity contribution is 5.85. The Morgan fingerprint density at radius 2 is 2.04 bits per heavy atom. The number of carboxylic acid groups (broad SMARTS) is 1. The van der Waals surface area contributed by atoms with Crippen LogP contribution in [0, 0.1) is 34.5 Å². The molecule has 26 heavy (non-hydrogen) atoms. The van der Waals surface area contributed by atoms with Gasteiger partial charge in [0.15, 0.2) is 0 Å². The summed E-state index contributed by atoms with van der Waals surface area (Å²) in [6.07, 6.45) is 2.12. The molecule has 144 valence electrons. The minimum absolute atomic E-state index is 0.130. The predicted octanol–water partition coefficient (Wildman–Crippen LogP) is 0.303. The first-order valence-corrected chi connectivity index (χ1v) is 9.63. The Labute approximate surface area is 151 Å². The lowest BCUT2D eigenvalue weighted by molar-refractivity contribution is -0.162. The lowest BCUT2D eigenvalue weighted by atomic mass is 9.59. The molecule has 7 nitrogen and oxygen atoms in total. The van der Waals surface area contributed by atoms with Gasteiger partial charge in [0.05, 0.1) is 29.6 Å². The van der Waals surface area contributed by atoms with E-state index in [2.05, 4.69) is 0 Å². The molecular formula is C19H26O7. The topological polar surface area (TPSA) is 124 Å². The van der Waals surface area contributed by atoms with Gasteiger partial charge in [0.2, 0.25) is 0 Å². The van der Waals surface area contributed by atoms with Crippen molar-refractivity contribution < 1.29 is 34.8 Å². The van der Waals surface area contributed by atoms with Gasteiger partial charge in [-0.05, 0) is 56.8 Å². The van der Waals surface area contributed by atoms with Crippen LogP contribution in [0.2, 0.25) is 0 Å². The number of aliphatic carboxylic acids is 1. The number of ether oxygens (including phenoxy) is 1. The molecular weight excluding hydrogens is 340 g/mol. The maximum absolute atomic E-state index is 12.8. The molecule has 5 fully saturated rings. The van der Waals surface area contributed by atoms with Crippen LogP contribution in [0.5, 0.6) is 0 Å². The van der Waals surface area contributed by atoms with Gasteiger partial charge >= 0.3 is 11.9 Å². The number of fused-ring (bicyclic) bond motifs is 1. The van der Waals surface area contributed by atoms with Crippen molar-refractivity contribution in [2.45, 2.75) is 62.8 Å². The SMILES string of the molecule is C[C@]12C(=O)OC3(CC[C@@H]1O)[C@@H]1CC[C@@H]4C[C@]1(C[C@]4(O)CO)[C@@H](C(=O)O)[C@@H]32. The van der Waals surface area contributed by atoms with Crippen molar-refractivity contribution in [1.29, 1.82) is 0 Å². The van der Waals surface area contributed by atoms with Crippen LogP contribution in [0.15, 0.2) is 0 Å². The highest BCUT2D eigenvalue weighted by Gasteiger charge is 2.84. The number of carbonyl (C=O) groups is 2. The summed E-state index contributed by atoms with van der Waals surface area (Å²) in [7, 11) is 0. The summed E-state index contributed by atoms with van der Waals surface area (Å²) < 4.78 is 5.96. The summed E-state index contributed by atoms with van der Waals surface area (Å²) in [5, 5.41) is 41.6. The molecule has 0 aromatic heterocycles. The maximum atomic E-state index is 12.8. The largest absolute Gasteiger partial charge is 0.481 e. The van der Waals surface area contributed by atoms with Gasteiger partial charge in [-0.15, -0.1) is 0 Å².